The van der Waals surface area contributed by atoms with Crippen LogP contribution in [0.4, 0.5) is 5.82 Å². The van der Waals surface area contributed by atoms with Gasteiger partial charge in [-0.2, -0.15) is 0 Å². The molecule has 28 heavy (non-hydrogen) atoms. The average Bonchev–Trinajstić information content (AvgIpc) is 2.73. The minimum atomic E-state index is -0.595. The van der Waals surface area contributed by atoms with Crippen LogP contribution >= 0.6 is 11.6 Å². The Morgan fingerprint density at radius 2 is 1.86 bits per heavy atom. The lowest BCUT2D eigenvalue weighted by Gasteiger charge is -2.32. The van der Waals surface area contributed by atoms with E-state index in [9.17, 15) is 9.59 Å². The number of halogens is 1. The Morgan fingerprint density at radius 3 is 2.46 bits per heavy atom. The molecular weight excluding hydrogens is 380 g/mol. The van der Waals surface area contributed by atoms with E-state index in [0.29, 0.717) is 23.7 Å². The lowest BCUT2D eigenvalue weighted by atomic mass is 10.0. The number of hydrogen-bond acceptors (Lipinski definition) is 5. The van der Waals surface area contributed by atoms with Crippen LogP contribution in [0.2, 0.25) is 5.02 Å². The van der Waals surface area contributed by atoms with Crippen molar-refractivity contribution in [2.75, 3.05) is 18.4 Å². The van der Waals surface area contributed by atoms with Gasteiger partial charge in [0.2, 0.25) is 0 Å². The van der Waals surface area contributed by atoms with E-state index in [2.05, 4.69) is 10.3 Å². The van der Waals surface area contributed by atoms with Crippen molar-refractivity contribution in [1.29, 1.82) is 0 Å². The molecule has 8 heteroatoms. The molecule has 0 bridgehead atoms. The first kappa shape index (κ1) is 19.9. The first-order valence-electron chi connectivity index (χ1n) is 8.95. The number of likely N-dealkylation sites (tertiary alicyclic amines) is 1. The molecule has 0 atom stereocenters. The zero-order chi connectivity index (χ0) is 19.9. The fourth-order valence-electron chi connectivity index (χ4n) is 3.01. The third-order valence-electron chi connectivity index (χ3n) is 4.55. The molecule has 7 nitrogen and oxygen atoms in total. The molecule has 1 fully saturated rings. The number of carbonyl (C=O) groups excluding carboxylic acids is 2. The molecule has 3 rings (SSSR count). The molecule has 1 aromatic heterocycles. The third-order valence-corrected chi connectivity index (χ3v) is 4.80. The van der Waals surface area contributed by atoms with Gasteiger partial charge < -0.3 is 10.2 Å². The number of anilines is 1. The van der Waals surface area contributed by atoms with Crippen LogP contribution in [-0.2, 0) is 4.79 Å². The predicted octanol–water partition coefficient (Wildman–Crippen LogP) is 2.97. The number of piperidine rings is 1. The van der Waals surface area contributed by atoms with Crippen LogP contribution in [0.3, 0.4) is 0 Å². The Kier molecular flexibility index (Phi) is 6.62. The summed E-state index contributed by atoms with van der Waals surface area (Å²) in [4.78, 5) is 29.7. The lowest BCUT2D eigenvalue weighted by molar-refractivity contribution is -0.124. The minimum Gasteiger partial charge on any atom is -0.367 e. The SMILES string of the molecule is O=C(/C=C/c1ccc(NC2CCN(C(=O)c3ccc(Cl)cc3)CC2)nc1)NO. The number of nitrogens with one attached hydrogen (secondary N) is 2. The second kappa shape index (κ2) is 9.34. The Bertz CT molecular complexity index is 845. The Labute approximate surface area is 168 Å². The van der Waals surface area contributed by atoms with Gasteiger partial charge in [0, 0.05) is 42.0 Å². The molecule has 1 saturated heterocycles. The van der Waals surface area contributed by atoms with Gasteiger partial charge in [0.15, 0.2) is 0 Å². The van der Waals surface area contributed by atoms with Crippen LogP contribution in [-0.4, -0.2) is 46.0 Å². The molecule has 3 N–H and O–H groups in total. The second-order valence-corrected chi connectivity index (χ2v) is 6.94. The number of aromatic nitrogens is 1. The molecule has 1 aliphatic rings. The zero-order valence-corrected chi connectivity index (χ0v) is 15.9. The van der Waals surface area contributed by atoms with Gasteiger partial charge in [0.1, 0.15) is 5.82 Å². The second-order valence-electron chi connectivity index (χ2n) is 6.50. The fourth-order valence-corrected chi connectivity index (χ4v) is 3.14. The number of carbonyl (C=O) groups is 2. The molecule has 0 radical (unpaired) electrons. The number of hydrogen-bond donors (Lipinski definition) is 3. The number of pyridine rings is 1. The largest absolute Gasteiger partial charge is 0.367 e. The van der Waals surface area contributed by atoms with Crippen LogP contribution in [0.5, 0.6) is 0 Å². The first-order chi connectivity index (χ1) is 13.5. The summed E-state index contributed by atoms with van der Waals surface area (Å²) in [7, 11) is 0. The maximum atomic E-state index is 12.5. The monoisotopic (exact) mass is 400 g/mol. The standard InChI is InChI=1S/C20H21ClN4O3/c21-16-5-3-15(4-6-16)20(27)25-11-9-17(10-12-25)23-18-7-1-14(13-22-18)2-8-19(26)24-28/h1-8,13,17,28H,9-12H2,(H,22,23)(H,24,26)/b8-2+. The number of rotatable bonds is 5. The van der Waals surface area contributed by atoms with Gasteiger partial charge in [-0.25, -0.2) is 10.5 Å². The van der Waals surface area contributed by atoms with Gasteiger partial charge >= 0.3 is 0 Å². The summed E-state index contributed by atoms with van der Waals surface area (Å²) in [5.41, 5.74) is 2.93. The van der Waals surface area contributed by atoms with Gasteiger partial charge in [-0.1, -0.05) is 11.6 Å². The summed E-state index contributed by atoms with van der Waals surface area (Å²) >= 11 is 5.88. The van der Waals surface area contributed by atoms with E-state index in [1.165, 1.54) is 11.6 Å². The molecule has 146 valence electrons. The first-order valence-corrected chi connectivity index (χ1v) is 9.32. The van der Waals surface area contributed by atoms with Crippen molar-refractivity contribution in [2.24, 2.45) is 0 Å². The maximum Gasteiger partial charge on any atom is 0.267 e. The number of nitrogens with zero attached hydrogens (tertiary/aromatic N) is 2. The molecule has 0 aliphatic carbocycles. The molecule has 0 unspecified atom stereocenters. The summed E-state index contributed by atoms with van der Waals surface area (Å²) in [5, 5.41) is 12.5. The van der Waals surface area contributed by atoms with Crippen LogP contribution in [0.25, 0.3) is 6.08 Å². The highest BCUT2D eigenvalue weighted by atomic mass is 35.5. The lowest BCUT2D eigenvalue weighted by Crippen LogP contribution is -2.42. The molecule has 0 spiro atoms. The Hall–Kier alpha value is -2.90. The molecular formula is C20H21ClN4O3. The Morgan fingerprint density at radius 1 is 1.14 bits per heavy atom. The van der Waals surface area contributed by atoms with Crippen molar-refractivity contribution in [2.45, 2.75) is 18.9 Å². The fraction of sp³-hybridized carbons (Fsp3) is 0.250. The van der Waals surface area contributed by atoms with Crippen LogP contribution < -0.4 is 10.8 Å². The van der Waals surface area contributed by atoms with E-state index in [0.717, 1.165) is 24.2 Å². The van der Waals surface area contributed by atoms with Crippen LogP contribution in [0, 0.1) is 0 Å². The number of hydroxylamine groups is 1. The normalized spacial score (nSPS) is 14.9. The highest BCUT2D eigenvalue weighted by molar-refractivity contribution is 6.30. The third kappa shape index (κ3) is 5.31. The van der Waals surface area contributed by atoms with E-state index in [4.69, 9.17) is 16.8 Å². The Balaban J connectivity index is 1.50. The van der Waals surface area contributed by atoms with Crippen LogP contribution in [0.15, 0.2) is 48.7 Å². The average molecular weight is 401 g/mol. The molecule has 1 aliphatic heterocycles. The van der Waals surface area contributed by atoms with E-state index >= 15 is 0 Å². The van der Waals surface area contributed by atoms with E-state index in [1.807, 2.05) is 17.0 Å². The van der Waals surface area contributed by atoms with E-state index in [1.54, 1.807) is 36.5 Å². The van der Waals surface area contributed by atoms with Gasteiger partial charge in [-0.3, -0.25) is 14.8 Å². The highest BCUT2D eigenvalue weighted by Crippen LogP contribution is 2.18. The highest BCUT2D eigenvalue weighted by Gasteiger charge is 2.23. The summed E-state index contributed by atoms with van der Waals surface area (Å²) < 4.78 is 0. The van der Waals surface area contributed by atoms with E-state index in [-0.39, 0.29) is 11.9 Å². The summed E-state index contributed by atoms with van der Waals surface area (Å²) in [6, 6.07) is 10.9. The zero-order valence-electron chi connectivity index (χ0n) is 15.1. The topological polar surface area (TPSA) is 94.6 Å². The summed E-state index contributed by atoms with van der Waals surface area (Å²) in [6.45, 7) is 1.35. The molecule has 2 heterocycles. The van der Waals surface area contributed by atoms with Gasteiger partial charge in [-0.15, -0.1) is 0 Å². The molecule has 0 saturated carbocycles. The molecule has 2 aromatic rings. The smallest absolute Gasteiger partial charge is 0.267 e. The summed E-state index contributed by atoms with van der Waals surface area (Å²) in [5.74, 6) is 0.171. The maximum absolute atomic E-state index is 12.5. The van der Waals surface area contributed by atoms with Crippen molar-refractivity contribution in [3.8, 4) is 0 Å². The summed E-state index contributed by atoms with van der Waals surface area (Å²) in [6.07, 6.45) is 6.09. The number of amides is 2. The van der Waals surface area contributed by atoms with Crippen molar-refractivity contribution >= 4 is 35.3 Å². The van der Waals surface area contributed by atoms with E-state index < -0.39 is 5.91 Å². The van der Waals surface area contributed by atoms with Gasteiger partial charge in [0.25, 0.3) is 11.8 Å². The van der Waals surface area contributed by atoms with Gasteiger partial charge in [0.05, 0.1) is 0 Å². The quantitative estimate of drug-likeness (QED) is 0.407. The number of benzene rings is 1. The predicted molar refractivity (Wildman–Crippen MR) is 107 cm³/mol. The van der Waals surface area contributed by atoms with Crippen molar-refractivity contribution < 1.29 is 14.8 Å². The van der Waals surface area contributed by atoms with Gasteiger partial charge in [-0.05, 0) is 60.9 Å². The minimum absolute atomic E-state index is 0.0243. The van der Waals surface area contributed by atoms with Crippen LogP contribution in [0.1, 0.15) is 28.8 Å². The van der Waals surface area contributed by atoms with Crippen molar-refractivity contribution in [3.05, 3.63) is 64.8 Å². The molecule has 1 aromatic carbocycles. The van der Waals surface area contributed by atoms with Crippen molar-refractivity contribution in [1.82, 2.24) is 15.4 Å². The van der Waals surface area contributed by atoms with Crippen molar-refractivity contribution in [3.63, 3.8) is 0 Å². The molecule has 2 amide bonds.